The molecular weight excluding hydrogens is 184 g/mol. The van der Waals surface area contributed by atoms with Gasteiger partial charge in [-0.1, -0.05) is 13.8 Å². The predicted octanol–water partition coefficient (Wildman–Crippen LogP) is 1.37. The van der Waals surface area contributed by atoms with Crippen molar-refractivity contribution in [3.63, 3.8) is 0 Å². The van der Waals surface area contributed by atoms with Crippen LogP contribution in [0, 0.1) is 0 Å². The quantitative estimate of drug-likeness (QED) is 0.789. The van der Waals surface area contributed by atoms with E-state index in [2.05, 4.69) is 23.9 Å². The molecule has 0 fully saturated rings. The largest absolute Gasteiger partial charge is 0.325 e. The van der Waals surface area contributed by atoms with Crippen LogP contribution in [0.25, 0.3) is 4.96 Å². The van der Waals surface area contributed by atoms with Gasteiger partial charge in [0.1, 0.15) is 0 Å². The zero-order valence-corrected chi connectivity index (χ0v) is 8.51. The lowest BCUT2D eigenvalue weighted by molar-refractivity contribution is 0.751. The van der Waals surface area contributed by atoms with E-state index < -0.39 is 0 Å². The van der Waals surface area contributed by atoms with Crippen LogP contribution in [-0.4, -0.2) is 14.6 Å². The molecule has 0 aromatic carbocycles. The van der Waals surface area contributed by atoms with E-state index in [9.17, 15) is 0 Å². The molecule has 70 valence electrons. The molecule has 0 spiro atoms. The van der Waals surface area contributed by atoms with Crippen LogP contribution in [0.4, 0.5) is 0 Å². The van der Waals surface area contributed by atoms with Crippen molar-refractivity contribution in [3.05, 3.63) is 16.9 Å². The van der Waals surface area contributed by atoms with Gasteiger partial charge in [-0.05, 0) is 0 Å². The van der Waals surface area contributed by atoms with Gasteiger partial charge in [-0.25, -0.2) is 9.50 Å². The van der Waals surface area contributed by atoms with Crippen molar-refractivity contribution < 1.29 is 0 Å². The van der Waals surface area contributed by atoms with E-state index in [-0.39, 0.29) is 0 Å². The van der Waals surface area contributed by atoms with Crippen molar-refractivity contribution in [2.45, 2.75) is 26.3 Å². The molecule has 0 unspecified atom stereocenters. The van der Waals surface area contributed by atoms with Gasteiger partial charge in [-0.3, -0.25) is 0 Å². The molecule has 2 aromatic rings. The van der Waals surface area contributed by atoms with E-state index in [1.54, 1.807) is 11.3 Å². The Kier molecular flexibility index (Phi) is 2.05. The molecule has 0 radical (unpaired) electrons. The minimum Gasteiger partial charge on any atom is -0.325 e. The number of fused-ring (bicyclic) bond motifs is 1. The van der Waals surface area contributed by atoms with E-state index in [1.165, 1.54) is 0 Å². The van der Waals surface area contributed by atoms with Crippen LogP contribution < -0.4 is 5.73 Å². The van der Waals surface area contributed by atoms with E-state index in [1.807, 2.05) is 9.90 Å². The Bertz CT molecular complexity index is 415. The maximum Gasteiger partial charge on any atom is 0.212 e. The number of rotatable bonds is 2. The first-order valence-electron chi connectivity index (χ1n) is 4.25. The lowest BCUT2D eigenvalue weighted by Gasteiger charge is -1.94. The summed E-state index contributed by atoms with van der Waals surface area (Å²) in [6.45, 7) is 4.68. The second-order valence-electron chi connectivity index (χ2n) is 3.25. The molecular formula is C8H12N4S. The normalized spacial score (nSPS) is 11.7. The van der Waals surface area contributed by atoms with Gasteiger partial charge in [0.15, 0.2) is 5.82 Å². The number of hydrogen-bond acceptors (Lipinski definition) is 4. The smallest absolute Gasteiger partial charge is 0.212 e. The zero-order valence-electron chi connectivity index (χ0n) is 7.69. The summed E-state index contributed by atoms with van der Waals surface area (Å²) in [4.78, 5) is 5.33. The second kappa shape index (κ2) is 3.08. The van der Waals surface area contributed by atoms with Gasteiger partial charge in [-0.2, -0.15) is 5.10 Å². The summed E-state index contributed by atoms with van der Waals surface area (Å²) in [5.74, 6) is 1.26. The Morgan fingerprint density at radius 2 is 2.38 bits per heavy atom. The number of hydrogen-bond donors (Lipinski definition) is 1. The molecule has 2 aromatic heterocycles. The van der Waals surface area contributed by atoms with Crippen molar-refractivity contribution in [2.24, 2.45) is 5.73 Å². The molecule has 0 bridgehead atoms. The summed E-state index contributed by atoms with van der Waals surface area (Å²) in [5.41, 5.74) is 6.59. The Labute approximate surface area is 80.4 Å². The fourth-order valence-corrected chi connectivity index (χ4v) is 1.97. The zero-order chi connectivity index (χ0) is 9.42. The van der Waals surface area contributed by atoms with E-state index in [4.69, 9.17) is 5.73 Å². The number of aromatic nitrogens is 3. The Balaban J connectivity index is 2.56. The molecule has 0 aliphatic carbocycles. The summed E-state index contributed by atoms with van der Waals surface area (Å²) in [5, 5.41) is 6.38. The Hall–Kier alpha value is -0.940. The highest BCUT2D eigenvalue weighted by Gasteiger charge is 2.10. The first-order valence-corrected chi connectivity index (χ1v) is 5.13. The number of thiazole rings is 1. The minimum atomic E-state index is 0.373. The summed E-state index contributed by atoms with van der Waals surface area (Å²) in [7, 11) is 0. The highest BCUT2D eigenvalue weighted by atomic mass is 32.1. The SMILES string of the molecule is CC(C)c1nc2scc(CN)n2n1. The lowest BCUT2D eigenvalue weighted by atomic mass is 10.2. The van der Waals surface area contributed by atoms with E-state index >= 15 is 0 Å². The fourth-order valence-electron chi connectivity index (χ4n) is 1.13. The van der Waals surface area contributed by atoms with Crippen molar-refractivity contribution >= 4 is 16.3 Å². The summed E-state index contributed by atoms with van der Waals surface area (Å²) < 4.78 is 1.83. The van der Waals surface area contributed by atoms with Gasteiger partial charge < -0.3 is 5.73 Å². The predicted molar refractivity (Wildman–Crippen MR) is 52.8 cm³/mol. The van der Waals surface area contributed by atoms with Gasteiger partial charge in [0.2, 0.25) is 4.96 Å². The molecule has 5 heteroatoms. The third-order valence-corrected chi connectivity index (χ3v) is 2.76. The fraction of sp³-hybridized carbons (Fsp3) is 0.500. The molecule has 4 nitrogen and oxygen atoms in total. The lowest BCUT2D eigenvalue weighted by Crippen LogP contribution is -2.01. The van der Waals surface area contributed by atoms with Crippen LogP contribution in [0.5, 0.6) is 0 Å². The molecule has 0 saturated heterocycles. The summed E-state index contributed by atoms with van der Waals surface area (Å²) in [6.07, 6.45) is 0. The molecule has 2 N–H and O–H groups in total. The monoisotopic (exact) mass is 196 g/mol. The van der Waals surface area contributed by atoms with Crippen molar-refractivity contribution in [1.82, 2.24) is 14.6 Å². The van der Waals surface area contributed by atoms with Crippen molar-refractivity contribution in [3.8, 4) is 0 Å². The van der Waals surface area contributed by atoms with E-state index in [0.717, 1.165) is 16.5 Å². The maximum atomic E-state index is 5.56. The standard InChI is InChI=1S/C8H12N4S/c1-5(2)7-10-8-12(11-7)6(3-9)4-13-8/h4-5H,3,9H2,1-2H3. The van der Waals surface area contributed by atoms with Crippen LogP contribution in [0.15, 0.2) is 5.38 Å². The maximum absolute atomic E-state index is 5.56. The van der Waals surface area contributed by atoms with Crippen molar-refractivity contribution in [1.29, 1.82) is 0 Å². The third-order valence-electron chi connectivity index (χ3n) is 1.89. The highest BCUT2D eigenvalue weighted by Crippen LogP contribution is 2.17. The van der Waals surface area contributed by atoms with Crippen LogP contribution in [0.1, 0.15) is 31.3 Å². The minimum absolute atomic E-state index is 0.373. The first-order chi connectivity index (χ1) is 6.22. The molecule has 0 aliphatic rings. The van der Waals surface area contributed by atoms with Gasteiger partial charge in [0, 0.05) is 17.8 Å². The Morgan fingerprint density at radius 3 is 3.00 bits per heavy atom. The molecule has 0 aliphatic heterocycles. The molecule has 0 amide bonds. The molecule has 2 rings (SSSR count). The first kappa shape index (κ1) is 8.65. The second-order valence-corrected chi connectivity index (χ2v) is 4.09. The van der Waals surface area contributed by atoms with Crippen LogP contribution in [0.3, 0.4) is 0 Å². The highest BCUT2D eigenvalue weighted by molar-refractivity contribution is 7.15. The molecule has 0 atom stereocenters. The average Bonchev–Trinajstić information content (AvgIpc) is 2.60. The van der Waals surface area contributed by atoms with Crippen LogP contribution in [0.2, 0.25) is 0 Å². The van der Waals surface area contributed by atoms with Crippen LogP contribution >= 0.6 is 11.3 Å². The summed E-state index contributed by atoms with van der Waals surface area (Å²) in [6, 6.07) is 0. The number of nitrogens with two attached hydrogens (primary N) is 1. The molecule has 2 heterocycles. The molecule has 0 saturated carbocycles. The van der Waals surface area contributed by atoms with Gasteiger partial charge in [0.25, 0.3) is 0 Å². The van der Waals surface area contributed by atoms with Crippen molar-refractivity contribution in [2.75, 3.05) is 0 Å². The van der Waals surface area contributed by atoms with Gasteiger partial charge >= 0.3 is 0 Å². The van der Waals surface area contributed by atoms with Gasteiger partial charge in [0.05, 0.1) is 5.69 Å². The third kappa shape index (κ3) is 1.34. The molecule has 13 heavy (non-hydrogen) atoms. The Morgan fingerprint density at radius 1 is 1.62 bits per heavy atom. The summed E-state index contributed by atoms with van der Waals surface area (Å²) >= 11 is 1.59. The topological polar surface area (TPSA) is 56.2 Å². The van der Waals surface area contributed by atoms with Crippen LogP contribution in [-0.2, 0) is 6.54 Å². The van der Waals surface area contributed by atoms with E-state index in [0.29, 0.717) is 12.5 Å². The van der Waals surface area contributed by atoms with Gasteiger partial charge in [-0.15, -0.1) is 11.3 Å². The number of nitrogens with zero attached hydrogens (tertiary/aromatic N) is 3. The average molecular weight is 196 g/mol.